The number of hydrogen-bond donors (Lipinski definition) is 0. The molecule has 0 atom stereocenters. The van der Waals surface area contributed by atoms with Crippen LogP contribution in [0, 0.1) is 21.8 Å². The molecular formula is C83H84Cl6FN11O13. The smallest absolute Gasteiger partial charge is 0.357 e. The van der Waals surface area contributed by atoms with Crippen molar-refractivity contribution in [3.05, 3.63) is 256 Å². The Bertz CT molecular complexity index is 5470. The number of fused-ring (bicyclic) bond motifs is 3. The van der Waals surface area contributed by atoms with Gasteiger partial charge in [-0.3, -0.25) is 43.4 Å². The minimum absolute atomic E-state index is 0.0119. The molecule has 0 saturated carbocycles. The maximum Gasteiger partial charge on any atom is 0.357 e. The van der Waals surface area contributed by atoms with Crippen molar-refractivity contribution < 1.29 is 47.5 Å². The predicted molar refractivity (Wildman–Crippen MR) is 447 cm³/mol. The lowest BCUT2D eigenvalue weighted by molar-refractivity contribution is -0.385. The number of nitro groups is 1. The number of halogens is 7. The summed E-state index contributed by atoms with van der Waals surface area (Å²) in [4.78, 5) is 131. The molecule has 24 nitrogen and oxygen atoms in total. The number of aryl methyl sites for hydroxylation is 1. The Morgan fingerprint density at radius 1 is 0.482 bits per heavy atom. The molecular weight excluding hydrogens is 1590 g/mol. The van der Waals surface area contributed by atoms with Crippen LogP contribution >= 0.6 is 69.6 Å². The lowest BCUT2D eigenvalue weighted by Gasteiger charge is -2.37. The number of ether oxygens (including phenoxy) is 3. The van der Waals surface area contributed by atoms with Gasteiger partial charge in [0.15, 0.2) is 0 Å². The van der Waals surface area contributed by atoms with E-state index in [0.29, 0.717) is 182 Å². The zero-order chi connectivity index (χ0) is 81.9. The van der Waals surface area contributed by atoms with Crippen LogP contribution in [-0.2, 0) is 29.1 Å². The van der Waals surface area contributed by atoms with Gasteiger partial charge in [0, 0.05) is 151 Å². The number of nitrogens with zero attached hydrogens (tertiary/aromatic N) is 11. The highest BCUT2D eigenvalue weighted by Gasteiger charge is 2.36. The van der Waals surface area contributed by atoms with Crippen LogP contribution in [0.1, 0.15) is 91.5 Å². The molecule has 3 aromatic heterocycles. The molecule has 0 aliphatic carbocycles. The number of piperazine rings is 3. The number of carbonyl (C=O) groups is 5. The van der Waals surface area contributed by atoms with E-state index in [1.807, 2.05) is 34.9 Å². The molecule has 6 heterocycles. The molecule has 7 aromatic carbocycles. The molecule has 3 aliphatic rings. The first kappa shape index (κ1) is 84.7. The fourth-order valence-electron chi connectivity index (χ4n) is 14.1. The van der Waals surface area contributed by atoms with Gasteiger partial charge in [0.2, 0.25) is 0 Å². The number of methoxy groups -OCH3 is 1. The Hall–Kier alpha value is -10.3. The fourth-order valence-corrected chi connectivity index (χ4v) is 15.0. The third kappa shape index (κ3) is 19.2. The van der Waals surface area contributed by atoms with E-state index in [0.717, 1.165) is 17.3 Å². The third-order valence-corrected chi connectivity index (χ3v) is 21.6. The number of pyridine rings is 3. The minimum atomic E-state index is -0.772. The molecule has 0 radical (unpaired) electrons. The molecule has 3 aliphatic heterocycles. The zero-order valence-electron chi connectivity index (χ0n) is 63.7. The summed E-state index contributed by atoms with van der Waals surface area (Å²) in [6.07, 6.45) is 0.782. The summed E-state index contributed by atoms with van der Waals surface area (Å²) in [6, 6.07) is 39.6. The molecule has 31 heteroatoms. The first-order valence-electron chi connectivity index (χ1n) is 37.0. The normalized spacial score (nSPS) is 13.8. The highest BCUT2D eigenvalue weighted by atomic mass is 35.5. The molecule has 598 valence electrons. The zero-order valence-corrected chi connectivity index (χ0v) is 68.3. The van der Waals surface area contributed by atoms with Crippen molar-refractivity contribution in [2.24, 2.45) is 5.92 Å². The molecule has 0 spiro atoms. The van der Waals surface area contributed by atoms with Crippen molar-refractivity contribution in [1.29, 1.82) is 0 Å². The highest BCUT2D eigenvalue weighted by Crippen LogP contribution is 2.39. The van der Waals surface area contributed by atoms with Gasteiger partial charge in [0.05, 0.1) is 69.8 Å². The van der Waals surface area contributed by atoms with Gasteiger partial charge < -0.3 is 57.6 Å². The SMILES string of the molecule is CCOC(=O)c1c(N2CCN(C(=O)c3ccc(Cl)c(Cl)c3)CC2)c2cc(Cl)ccc2n(CCN(C)C)c1=O.CCOC(=O)c1c(N2CCN(C(=O)c3ccc(Cl)cc3)CC2)c2cc(Cl)ccc2n(CCC(C)C)c1=O.COc1ccc(C(=O)N2CCN(c3c([N+](=O)[O-])c(=O)n(Cc4ccc(F)cc4)c4ccc(Cl)cc34)CC2)cc1. The molecule has 13 rings (SSSR count). The number of anilines is 3. The summed E-state index contributed by atoms with van der Waals surface area (Å²) >= 11 is 37.2. The number of esters is 2. The van der Waals surface area contributed by atoms with Gasteiger partial charge in [-0.05, 0) is 179 Å². The molecule has 0 bridgehead atoms. The van der Waals surface area contributed by atoms with E-state index in [4.69, 9.17) is 83.8 Å². The summed E-state index contributed by atoms with van der Waals surface area (Å²) in [5, 5.41) is 16.8. The van der Waals surface area contributed by atoms with E-state index in [1.165, 1.54) is 28.8 Å². The van der Waals surface area contributed by atoms with Crippen molar-refractivity contribution in [1.82, 2.24) is 33.3 Å². The van der Waals surface area contributed by atoms with Crippen LogP contribution in [0.4, 0.5) is 27.1 Å². The fraction of sp³-hybridized carbons (Fsp3) is 0.325. The van der Waals surface area contributed by atoms with Gasteiger partial charge in [0.1, 0.15) is 28.4 Å². The summed E-state index contributed by atoms with van der Waals surface area (Å²) < 4.78 is 33.8. The summed E-state index contributed by atoms with van der Waals surface area (Å²) in [7, 11) is 5.39. The van der Waals surface area contributed by atoms with Crippen LogP contribution in [0.2, 0.25) is 30.1 Å². The number of benzene rings is 7. The van der Waals surface area contributed by atoms with Crippen molar-refractivity contribution in [2.75, 3.05) is 134 Å². The third-order valence-electron chi connectivity index (χ3n) is 19.9. The quantitative estimate of drug-likeness (QED) is 0.0391. The average Bonchev–Trinajstić information content (AvgIpc) is 0.753. The largest absolute Gasteiger partial charge is 0.497 e. The van der Waals surface area contributed by atoms with Crippen molar-refractivity contribution in [3.63, 3.8) is 0 Å². The van der Waals surface area contributed by atoms with Crippen LogP contribution in [0.25, 0.3) is 32.7 Å². The van der Waals surface area contributed by atoms with Crippen molar-refractivity contribution in [3.8, 4) is 5.75 Å². The second-order valence-electron chi connectivity index (χ2n) is 27.9. The monoisotopic (exact) mass is 1670 g/mol. The maximum absolute atomic E-state index is 13.8. The molecule has 10 aromatic rings. The first-order chi connectivity index (χ1) is 54.6. The molecule has 0 N–H and O–H groups in total. The van der Waals surface area contributed by atoms with Gasteiger partial charge >= 0.3 is 23.2 Å². The van der Waals surface area contributed by atoms with Crippen LogP contribution < -0.4 is 36.1 Å². The van der Waals surface area contributed by atoms with Crippen LogP contribution in [0.3, 0.4) is 0 Å². The van der Waals surface area contributed by atoms with Gasteiger partial charge in [0.25, 0.3) is 28.8 Å². The second kappa shape index (κ2) is 37.8. The van der Waals surface area contributed by atoms with E-state index in [2.05, 4.69) is 13.8 Å². The Morgan fingerprint density at radius 3 is 1.29 bits per heavy atom. The van der Waals surface area contributed by atoms with Gasteiger partial charge in [-0.2, -0.15) is 0 Å². The van der Waals surface area contributed by atoms with E-state index in [1.54, 1.807) is 165 Å². The first-order valence-corrected chi connectivity index (χ1v) is 39.3. The lowest BCUT2D eigenvalue weighted by atomic mass is 10.0. The lowest BCUT2D eigenvalue weighted by Crippen LogP contribution is -2.50. The molecule has 3 saturated heterocycles. The standard InChI is InChI=1S/C28H31Cl2N3O4.C28H24ClFN4O5.C27H29Cl3N4O4/c1-4-37-28(36)24-25(22-17-21(30)9-10-23(22)33(27(24)35)12-11-18(2)3)31-13-15-32(16-14-31)26(34)19-5-7-20(29)8-6-19;1-39-22-9-4-19(5-10-22)27(35)32-14-12-31(13-15-32)25-23-16-20(29)6-11-24(23)33(28(36)26(25)34(37)38)17-18-2-7-21(30)8-3-18;1-4-38-27(37)23-24(19-16-18(28)6-8-22(19)34(26(23)36)14-9-31(2)3)32-10-12-33(13-11-32)25(35)17-5-7-20(29)21(30)15-17/h5-10,17-18H,4,11-16H2,1-3H3;2-11,16H,12-15,17H2,1H3;5-8,15-16H,4,9-14H2,1-3H3. The number of amides is 3. The van der Waals surface area contributed by atoms with Crippen LogP contribution in [0.5, 0.6) is 5.75 Å². The number of hydrogen-bond acceptors (Lipinski definition) is 17. The highest BCUT2D eigenvalue weighted by molar-refractivity contribution is 6.42. The Labute approximate surface area is 686 Å². The minimum Gasteiger partial charge on any atom is -0.497 e. The van der Waals surface area contributed by atoms with Crippen molar-refractivity contribution >= 4 is 155 Å². The van der Waals surface area contributed by atoms with Gasteiger partial charge in [-0.25, -0.2) is 14.0 Å². The molecule has 0 unspecified atom stereocenters. The molecule has 3 amide bonds. The number of carbonyl (C=O) groups excluding carboxylic acids is 5. The summed E-state index contributed by atoms with van der Waals surface area (Å²) in [6.45, 7) is 13.9. The summed E-state index contributed by atoms with van der Waals surface area (Å²) in [5.41, 5.74) is 3.03. The van der Waals surface area contributed by atoms with Crippen LogP contribution in [-0.4, -0.2) is 187 Å². The van der Waals surface area contributed by atoms with Crippen molar-refractivity contribution in [2.45, 2.75) is 53.8 Å². The van der Waals surface area contributed by atoms with E-state index in [9.17, 15) is 52.9 Å². The van der Waals surface area contributed by atoms with Gasteiger partial charge in [-0.1, -0.05) is 95.6 Å². The average molecular weight is 1680 g/mol. The summed E-state index contributed by atoms with van der Waals surface area (Å²) in [5.74, 6) is -1.14. The topological polar surface area (TPSA) is 245 Å². The van der Waals surface area contributed by atoms with E-state index in [-0.39, 0.29) is 72.9 Å². The Kier molecular flexibility index (Phi) is 28.1. The second-order valence-corrected chi connectivity index (χ2v) is 30.5. The number of likely N-dealkylation sites (N-methyl/N-ethyl adjacent to an activating group) is 1. The molecule has 3 fully saturated rings. The van der Waals surface area contributed by atoms with Gasteiger partial charge in [-0.15, -0.1) is 0 Å². The number of aromatic nitrogens is 3. The number of rotatable bonds is 20. The molecule has 114 heavy (non-hydrogen) atoms. The maximum atomic E-state index is 13.8. The van der Waals surface area contributed by atoms with E-state index >= 15 is 0 Å². The predicted octanol–water partition coefficient (Wildman–Crippen LogP) is 14.9. The van der Waals surface area contributed by atoms with E-state index < -0.39 is 39.5 Å². The Morgan fingerprint density at radius 2 is 0.877 bits per heavy atom. The van der Waals surface area contributed by atoms with Crippen LogP contribution in [0.15, 0.2) is 160 Å². The Balaban J connectivity index is 0.000000169.